The van der Waals surface area contributed by atoms with Crippen molar-refractivity contribution in [1.29, 1.82) is 0 Å². The molecule has 0 aliphatic carbocycles. The lowest BCUT2D eigenvalue weighted by atomic mass is 10.1. The predicted octanol–water partition coefficient (Wildman–Crippen LogP) is 1.47. The van der Waals surface area contributed by atoms with Crippen LogP contribution in [0, 0.1) is 6.92 Å². The number of fused-ring (bicyclic) bond motifs is 1. The van der Waals surface area contributed by atoms with Crippen LogP contribution in [0.15, 0.2) is 30.3 Å². The Morgan fingerprint density at radius 3 is 2.85 bits per heavy atom. The van der Waals surface area contributed by atoms with Crippen LogP contribution in [-0.4, -0.2) is 32.3 Å². The normalized spacial score (nSPS) is 10.8. The molecule has 102 valence electrons. The van der Waals surface area contributed by atoms with Gasteiger partial charge in [-0.15, -0.1) is 15.3 Å². The molecular weight excluding hydrogens is 274 g/mol. The van der Waals surface area contributed by atoms with Crippen molar-refractivity contribution in [3.63, 3.8) is 0 Å². The van der Waals surface area contributed by atoms with E-state index in [0.29, 0.717) is 22.3 Å². The predicted molar refractivity (Wildman–Crippen MR) is 75.9 cm³/mol. The van der Waals surface area contributed by atoms with E-state index in [0.717, 1.165) is 6.42 Å². The van der Waals surface area contributed by atoms with Crippen molar-refractivity contribution in [1.82, 2.24) is 25.1 Å². The summed E-state index contributed by atoms with van der Waals surface area (Å²) in [5, 5.41) is 15.3. The van der Waals surface area contributed by atoms with Crippen LogP contribution in [0.5, 0.6) is 0 Å². The summed E-state index contributed by atoms with van der Waals surface area (Å²) in [7, 11) is 0. The lowest BCUT2D eigenvalue weighted by molar-refractivity contribution is 0.0952. The average Bonchev–Trinajstić information content (AvgIpc) is 3.03. The Labute approximate surface area is 119 Å². The van der Waals surface area contributed by atoms with Crippen molar-refractivity contribution in [2.24, 2.45) is 0 Å². The SMILES string of the molecule is Cc1nnc2sc(C(=O)NCCc3ccccc3)nn12. The molecular formula is C13H13N5OS. The number of nitrogens with zero attached hydrogens (tertiary/aromatic N) is 4. The van der Waals surface area contributed by atoms with E-state index in [1.807, 2.05) is 30.3 Å². The molecule has 0 fully saturated rings. The first-order valence-corrected chi connectivity index (χ1v) is 7.06. The van der Waals surface area contributed by atoms with E-state index in [1.165, 1.54) is 16.9 Å². The topological polar surface area (TPSA) is 72.2 Å². The third kappa shape index (κ3) is 2.53. The molecule has 0 radical (unpaired) electrons. The third-order valence-electron chi connectivity index (χ3n) is 2.88. The molecule has 0 aliphatic rings. The molecule has 7 heteroatoms. The van der Waals surface area contributed by atoms with Gasteiger partial charge in [0.05, 0.1) is 0 Å². The first-order chi connectivity index (χ1) is 9.74. The minimum Gasteiger partial charge on any atom is -0.350 e. The molecule has 1 N–H and O–H groups in total. The maximum Gasteiger partial charge on any atom is 0.282 e. The monoisotopic (exact) mass is 287 g/mol. The second-order valence-corrected chi connectivity index (χ2v) is 5.30. The number of hydrogen-bond donors (Lipinski definition) is 1. The Bertz CT molecular complexity index is 734. The molecule has 0 spiro atoms. The second-order valence-electron chi connectivity index (χ2n) is 4.34. The van der Waals surface area contributed by atoms with E-state index in [-0.39, 0.29) is 5.91 Å². The molecule has 1 aromatic carbocycles. The highest BCUT2D eigenvalue weighted by atomic mass is 32.1. The molecule has 3 aromatic rings. The van der Waals surface area contributed by atoms with Gasteiger partial charge >= 0.3 is 0 Å². The molecule has 6 nitrogen and oxygen atoms in total. The lowest BCUT2D eigenvalue weighted by Crippen LogP contribution is -2.25. The molecule has 2 aromatic heterocycles. The standard InChI is InChI=1S/C13H13N5OS/c1-9-15-16-13-18(9)17-12(20-13)11(19)14-8-7-10-5-3-2-4-6-10/h2-6H,7-8H2,1H3,(H,14,19). The van der Waals surface area contributed by atoms with Crippen LogP contribution >= 0.6 is 11.3 Å². The van der Waals surface area contributed by atoms with Crippen molar-refractivity contribution in [2.45, 2.75) is 13.3 Å². The van der Waals surface area contributed by atoms with Gasteiger partial charge in [-0.3, -0.25) is 4.79 Å². The summed E-state index contributed by atoms with van der Waals surface area (Å²) in [6, 6.07) is 10.0. The van der Waals surface area contributed by atoms with Crippen LogP contribution < -0.4 is 5.32 Å². The van der Waals surface area contributed by atoms with E-state index < -0.39 is 0 Å². The van der Waals surface area contributed by atoms with Gasteiger partial charge in [-0.2, -0.15) is 4.52 Å². The third-order valence-corrected chi connectivity index (χ3v) is 3.78. The fourth-order valence-electron chi connectivity index (χ4n) is 1.85. The van der Waals surface area contributed by atoms with Crippen LogP contribution in [-0.2, 0) is 6.42 Å². The molecule has 0 bridgehead atoms. The van der Waals surface area contributed by atoms with Crippen LogP contribution in [0.2, 0.25) is 0 Å². The maximum absolute atomic E-state index is 12.0. The zero-order valence-electron chi connectivity index (χ0n) is 10.9. The van der Waals surface area contributed by atoms with Crippen LogP contribution in [0.3, 0.4) is 0 Å². The van der Waals surface area contributed by atoms with Crippen molar-refractivity contribution in [3.05, 3.63) is 46.7 Å². The van der Waals surface area contributed by atoms with Gasteiger partial charge in [0.2, 0.25) is 9.97 Å². The molecule has 0 unspecified atom stereocenters. The Kier molecular flexibility index (Phi) is 3.42. The van der Waals surface area contributed by atoms with Gasteiger partial charge in [0.1, 0.15) is 0 Å². The number of amides is 1. The summed E-state index contributed by atoms with van der Waals surface area (Å²) in [6.07, 6.45) is 0.801. The number of nitrogens with one attached hydrogen (secondary N) is 1. The van der Waals surface area contributed by atoms with Crippen molar-refractivity contribution in [3.8, 4) is 0 Å². The number of aryl methyl sites for hydroxylation is 1. The van der Waals surface area contributed by atoms with Crippen molar-refractivity contribution >= 4 is 22.2 Å². The second kappa shape index (κ2) is 5.38. The van der Waals surface area contributed by atoms with E-state index in [1.54, 1.807) is 11.4 Å². The Morgan fingerprint density at radius 2 is 2.10 bits per heavy atom. The highest BCUT2D eigenvalue weighted by molar-refractivity contribution is 7.18. The summed E-state index contributed by atoms with van der Waals surface area (Å²) in [5.74, 6) is 0.510. The van der Waals surface area contributed by atoms with Crippen LogP contribution in [0.25, 0.3) is 4.96 Å². The zero-order chi connectivity index (χ0) is 13.9. The molecule has 0 aliphatic heterocycles. The Hall–Kier alpha value is -2.28. The molecule has 0 saturated carbocycles. The van der Waals surface area contributed by atoms with E-state index in [2.05, 4.69) is 20.6 Å². The quantitative estimate of drug-likeness (QED) is 0.788. The van der Waals surface area contributed by atoms with E-state index in [9.17, 15) is 4.79 Å². The van der Waals surface area contributed by atoms with Crippen molar-refractivity contribution in [2.75, 3.05) is 6.54 Å². The van der Waals surface area contributed by atoms with Gasteiger partial charge < -0.3 is 5.32 Å². The summed E-state index contributed by atoms with van der Waals surface area (Å²) < 4.78 is 1.58. The first kappa shape index (κ1) is 12.7. The van der Waals surface area contributed by atoms with Gasteiger partial charge in [-0.05, 0) is 18.9 Å². The molecule has 0 atom stereocenters. The highest BCUT2D eigenvalue weighted by Crippen LogP contribution is 2.13. The van der Waals surface area contributed by atoms with Crippen molar-refractivity contribution < 1.29 is 4.79 Å². The van der Waals surface area contributed by atoms with E-state index in [4.69, 9.17) is 0 Å². The summed E-state index contributed by atoms with van der Waals surface area (Å²) in [5.41, 5.74) is 1.20. The van der Waals surface area contributed by atoms with Crippen LogP contribution in [0.4, 0.5) is 0 Å². The highest BCUT2D eigenvalue weighted by Gasteiger charge is 2.14. The Morgan fingerprint density at radius 1 is 1.30 bits per heavy atom. The molecule has 20 heavy (non-hydrogen) atoms. The fourth-order valence-corrected chi connectivity index (χ4v) is 2.65. The summed E-state index contributed by atoms with van der Waals surface area (Å²) >= 11 is 1.24. The minimum absolute atomic E-state index is 0.171. The van der Waals surface area contributed by atoms with Gasteiger partial charge in [0.25, 0.3) is 5.91 Å². The number of carbonyl (C=O) groups excluding carboxylic acids is 1. The molecule has 0 saturated heterocycles. The van der Waals surface area contributed by atoms with Gasteiger partial charge in [0, 0.05) is 6.54 Å². The Balaban J connectivity index is 1.61. The van der Waals surface area contributed by atoms with E-state index >= 15 is 0 Å². The minimum atomic E-state index is -0.171. The van der Waals surface area contributed by atoms with Gasteiger partial charge in [0.15, 0.2) is 5.82 Å². The van der Waals surface area contributed by atoms with Gasteiger partial charge in [-0.25, -0.2) is 0 Å². The number of rotatable bonds is 4. The molecule has 2 heterocycles. The summed E-state index contributed by atoms with van der Waals surface area (Å²) in [4.78, 5) is 12.6. The van der Waals surface area contributed by atoms with Gasteiger partial charge in [-0.1, -0.05) is 41.7 Å². The maximum atomic E-state index is 12.0. The smallest absolute Gasteiger partial charge is 0.282 e. The number of carbonyl (C=O) groups is 1. The summed E-state index contributed by atoms with van der Waals surface area (Å²) in [6.45, 7) is 2.39. The first-order valence-electron chi connectivity index (χ1n) is 6.25. The number of hydrogen-bond acceptors (Lipinski definition) is 5. The lowest BCUT2D eigenvalue weighted by Gasteiger charge is -2.02. The largest absolute Gasteiger partial charge is 0.350 e. The molecule has 1 amide bonds. The number of aromatic nitrogens is 4. The molecule has 3 rings (SSSR count). The fraction of sp³-hybridized carbons (Fsp3) is 0.231. The number of benzene rings is 1. The van der Waals surface area contributed by atoms with Crippen LogP contribution in [0.1, 0.15) is 21.2 Å². The average molecular weight is 287 g/mol. The zero-order valence-corrected chi connectivity index (χ0v) is 11.7.